The lowest BCUT2D eigenvalue weighted by atomic mass is 9.98. The van der Waals surface area contributed by atoms with Crippen LogP contribution < -0.4 is 0 Å². The first kappa shape index (κ1) is 20.2. The Balaban J connectivity index is 1.53. The molecule has 2 aromatic rings. The number of hydrogen-bond donors (Lipinski definition) is 0. The molecule has 0 aliphatic carbocycles. The number of imide groups is 1. The minimum absolute atomic E-state index is 0.0134. The van der Waals surface area contributed by atoms with Crippen LogP contribution in [0.3, 0.4) is 0 Å². The second-order valence-corrected chi connectivity index (χ2v) is 6.62. The fraction of sp³-hybridized carbons (Fsp3) is 0.238. The first-order valence-electron chi connectivity index (χ1n) is 8.92. The average molecular weight is 398 g/mol. The monoisotopic (exact) mass is 398 g/mol. The van der Waals surface area contributed by atoms with E-state index < -0.39 is 42.7 Å². The second kappa shape index (κ2) is 8.64. The smallest absolute Gasteiger partial charge is 0.326 e. The standard InChI is InChI=1S/C21H19FN2O5/c1-23(11-15-7-3-5-9-17(15)22)19(26)13-29-20(27)12-24-18(25)10-14-6-2-4-8-16(14)21(24)28/h2-9H,10-13H2,1H3. The van der Waals surface area contributed by atoms with Crippen LogP contribution in [0.2, 0.25) is 0 Å². The van der Waals surface area contributed by atoms with Crippen LogP contribution >= 0.6 is 0 Å². The maximum Gasteiger partial charge on any atom is 0.326 e. The van der Waals surface area contributed by atoms with E-state index in [0.29, 0.717) is 16.7 Å². The highest BCUT2D eigenvalue weighted by Gasteiger charge is 2.32. The molecule has 1 aliphatic heterocycles. The van der Waals surface area contributed by atoms with Gasteiger partial charge in [0.15, 0.2) is 6.61 Å². The second-order valence-electron chi connectivity index (χ2n) is 6.62. The van der Waals surface area contributed by atoms with E-state index in [0.717, 1.165) is 4.90 Å². The zero-order valence-corrected chi connectivity index (χ0v) is 15.8. The van der Waals surface area contributed by atoms with E-state index >= 15 is 0 Å². The van der Waals surface area contributed by atoms with Crippen molar-refractivity contribution in [3.63, 3.8) is 0 Å². The highest BCUT2D eigenvalue weighted by atomic mass is 19.1. The predicted octanol–water partition coefficient (Wildman–Crippen LogP) is 1.55. The van der Waals surface area contributed by atoms with Gasteiger partial charge in [0.25, 0.3) is 11.8 Å². The third kappa shape index (κ3) is 4.66. The van der Waals surface area contributed by atoms with Gasteiger partial charge in [-0.1, -0.05) is 36.4 Å². The molecule has 0 radical (unpaired) electrons. The molecule has 0 spiro atoms. The van der Waals surface area contributed by atoms with Crippen LogP contribution in [0.4, 0.5) is 4.39 Å². The van der Waals surface area contributed by atoms with Gasteiger partial charge < -0.3 is 9.64 Å². The molecule has 29 heavy (non-hydrogen) atoms. The minimum Gasteiger partial charge on any atom is -0.454 e. The number of esters is 1. The van der Waals surface area contributed by atoms with Crippen molar-refractivity contribution < 1.29 is 28.3 Å². The Morgan fingerprint density at radius 3 is 2.55 bits per heavy atom. The highest BCUT2D eigenvalue weighted by Crippen LogP contribution is 2.19. The molecule has 1 heterocycles. The Kier molecular flexibility index (Phi) is 6.01. The van der Waals surface area contributed by atoms with Crippen LogP contribution in [0.25, 0.3) is 0 Å². The number of benzene rings is 2. The quantitative estimate of drug-likeness (QED) is 0.545. The first-order chi connectivity index (χ1) is 13.9. The summed E-state index contributed by atoms with van der Waals surface area (Å²) in [7, 11) is 1.46. The van der Waals surface area contributed by atoms with E-state index in [1.54, 1.807) is 42.5 Å². The molecule has 0 bridgehead atoms. The predicted molar refractivity (Wildman–Crippen MR) is 100 cm³/mol. The summed E-state index contributed by atoms with van der Waals surface area (Å²) in [5.74, 6) is -2.93. The van der Waals surface area contributed by atoms with Gasteiger partial charge in [-0.25, -0.2) is 4.39 Å². The molecule has 1 aliphatic rings. The molecule has 0 saturated carbocycles. The van der Waals surface area contributed by atoms with Crippen LogP contribution in [-0.4, -0.2) is 53.7 Å². The van der Waals surface area contributed by atoms with Crippen molar-refractivity contribution in [2.75, 3.05) is 20.2 Å². The van der Waals surface area contributed by atoms with E-state index in [1.165, 1.54) is 18.0 Å². The lowest BCUT2D eigenvalue weighted by Crippen LogP contribution is -2.45. The largest absolute Gasteiger partial charge is 0.454 e. The fourth-order valence-corrected chi connectivity index (χ4v) is 2.96. The summed E-state index contributed by atoms with van der Waals surface area (Å²) in [5.41, 5.74) is 1.30. The summed E-state index contributed by atoms with van der Waals surface area (Å²) in [6.07, 6.45) is 0.0134. The highest BCUT2D eigenvalue weighted by molar-refractivity contribution is 6.11. The van der Waals surface area contributed by atoms with E-state index in [4.69, 9.17) is 4.74 Å². The summed E-state index contributed by atoms with van der Waals surface area (Å²) in [4.78, 5) is 50.8. The molecule has 0 atom stereocenters. The van der Waals surface area contributed by atoms with Crippen molar-refractivity contribution in [2.45, 2.75) is 13.0 Å². The summed E-state index contributed by atoms with van der Waals surface area (Å²) >= 11 is 0. The Bertz CT molecular complexity index is 975. The van der Waals surface area contributed by atoms with Crippen LogP contribution in [0.1, 0.15) is 21.5 Å². The van der Waals surface area contributed by atoms with Gasteiger partial charge in [-0.2, -0.15) is 0 Å². The Hall–Kier alpha value is -3.55. The normalized spacial score (nSPS) is 13.1. The topological polar surface area (TPSA) is 84.0 Å². The Morgan fingerprint density at radius 2 is 1.79 bits per heavy atom. The number of rotatable bonds is 6. The van der Waals surface area contributed by atoms with Gasteiger partial charge in [0.1, 0.15) is 12.4 Å². The maximum absolute atomic E-state index is 13.7. The maximum atomic E-state index is 13.7. The molecule has 3 rings (SSSR count). The van der Waals surface area contributed by atoms with Crippen LogP contribution in [0.15, 0.2) is 48.5 Å². The molecule has 0 fully saturated rings. The SMILES string of the molecule is CN(Cc1ccccc1F)C(=O)COC(=O)CN1C(=O)Cc2ccccc2C1=O. The van der Waals surface area contributed by atoms with Gasteiger partial charge in [-0.3, -0.25) is 24.1 Å². The van der Waals surface area contributed by atoms with Gasteiger partial charge in [0.05, 0.1) is 6.42 Å². The summed E-state index contributed by atoms with van der Waals surface area (Å²) < 4.78 is 18.6. The number of carbonyl (C=O) groups excluding carboxylic acids is 4. The van der Waals surface area contributed by atoms with Crippen molar-refractivity contribution in [1.29, 1.82) is 0 Å². The average Bonchev–Trinajstić information content (AvgIpc) is 2.71. The van der Waals surface area contributed by atoms with Gasteiger partial charge in [0, 0.05) is 24.7 Å². The van der Waals surface area contributed by atoms with Crippen molar-refractivity contribution in [3.8, 4) is 0 Å². The van der Waals surface area contributed by atoms with Crippen molar-refractivity contribution in [3.05, 3.63) is 71.0 Å². The molecule has 150 valence electrons. The summed E-state index contributed by atoms with van der Waals surface area (Å²) in [5, 5.41) is 0. The minimum atomic E-state index is -0.876. The lowest BCUT2D eigenvalue weighted by molar-refractivity contribution is -0.153. The molecule has 8 heteroatoms. The molecule has 0 aromatic heterocycles. The fourth-order valence-electron chi connectivity index (χ4n) is 2.96. The van der Waals surface area contributed by atoms with Gasteiger partial charge in [0.2, 0.25) is 5.91 Å². The molecule has 0 saturated heterocycles. The van der Waals surface area contributed by atoms with Crippen molar-refractivity contribution in [2.24, 2.45) is 0 Å². The molecule has 0 N–H and O–H groups in total. The number of ether oxygens (including phenoxy) is 1. The number of carbonyl (C=O) groups is 4. The van der Waals surface area contributed by atoms with Crippen molar-refractivity contribution >= 4 is 23.7 Å². The number of amides is 3. The van der Waals surface area contributed by atoms with Crippen LogP contribution in [0, 0.1) is 5.82 Å². The number of likely N-dealkylation sites (N-methyl/N-ethyl adjacent to an activating group) is 1. The molecule has 0 unspecified atom stereocenters. The first-order valence-corrected chi connectivity index (χ1v) is 8.92. The Labute approximate surface area is 166 Å². The Morgan fingerprint density at radius 1 is 1.10 bits per heavy atom. The molecular formula is C21H19FN2O5. The third-order valence-corrected chi connectivity index (χ3v) is 4.57. The zero-order chi connectivity index (χ0) is 21.0. The molecule has 2 aromatic carbocycles. The third-order valence-electron chi connectivity index (χ3n) is 4.57. The number of halogens is 1. The van der Waals surface area contributed by atoms with E-state index in [9.17, 15) is 23.6 Å². The number of hydrogen-bond acceptors (Lipinski definition) is 5. The molecule has 3 amide bonds. The van der Waals surface area contributed by atoms with Gasteiger partial charge >= 0.3 is 5.97 Å². The molecule has 7 nitrogen and oxygen atoms in total. The zero-order valence-electron chi connectivity index (χ0n) is 15.8. The van der Waals surface area contributed by atoms with E-state index in [-0.39, 0.29) is 13.0 Å². The number of fused-ring (bicyclic) bond motifs is 1. The van der Waals surface area contributed by atoms with Crippen LogP contribution in [-0.2, 0) is 32.1 Å². The van der Waals surface area contributed by atoms with Crippen molar-refractivity contribution in [1.82, 2.24) is 9.80 Å². The summed E-state index contributed by atoms with van der Waals surface area (Å²) in [6, 6.07) is 12.7. The molecular weight excluding hydrogens is 379 g/mol. The van der Waals surface area contributed by atoms with Gasteiger partial charge in [-0.15, -0.1) is 0 Å². The summed E-state index contributed by atoms with van der Waals surface area (Å²) in [6.45, 7) is -1.13. The van der Waals surface area contributed by atoms with Crippen LogP contribution in [0.5, 0.6) is 0 Å². The number of nitrogens with zero attached hydrogens (tertiary/aromatic N) is 2. The van der Waals surface area contributed by atoms with Gasteiger partial charge in [-0.05, 0) is 17.7 Å². The van der Waals surface area contributed by atoms with E-state index in [2.05, 4.69) is 0 Å². The lowest BCUT2D eigenvalue weighted by Gasteiger charge is -2.26. The van der Waals surface area contributed by atoms with E-state index in [1.807, 2.05) is 0 Å².